The Morgan fingerprint density at radius 3 is 2.58 bits per heavy atom. The van der Waals surface area contributed by atoms with Gasteiger partial charge in [-0.15, -0.1) is 0 Å². The number of para-hydroxylation sites is 1. The molecule has 0 atom stereocenters. The van der Waals surface area contributed by atoms with Crippen LogP contribution in [0.3, 0.4) is 0 Å². The van der Waals surface area contributed by atoms with Crippen molar-refractivity contribution in [3.8, 4) is 5.75 Å². The number of hydrogen-bond donors (Lipinski definition) is 3. The molecule has 0 fully saturated rings. The second-order valence-electron chi connectivity index (χ2n) is 6.05. The van der Waals surface area contributed by atoms with Crippen molar-refractivity contribution in [2.45, 2.75) is 13.8 Å². The highest BCUT2D eigenvalue weighted by atomic mass is 32.1. The van der Waals surface area contributed by atoms with Gasteiger partial charge in [0.1, 0.15) is 5.75 Å². The molecular weight excluding hydrogens is 350 g/mol. The predicted molar refractivity (Wildman–Crippen MR) is 105 cm³/mol. The Morgan fingerprint density at radius 1 is 1.15 bits per heavy atom. The molecule has 0 aliphatic rings. The van der Waals surface area contributed by atoms with Gasteiger partial charge < -0.3 is 15.8 Å². The Bertz CT molecular complexity index is 821. The molecule has 0 bridgehead atoms. The number of anilines is 1. The van der Waals surface area contributed by atoms with Gasteiger partial charge in [-0.1, -0.05) is 32.0 Å². The number of carbonyl (C=O) groups excluding carboxylic acids is 2. The second kappa shape index (κ2) is 8.96. The Morgan fingerprint density at radius 2 is 1.88 bits per heavy atom. The summed E-state index contributed by atoms with van der Waals surface area (Å²) in [6.07, 6.45) is 0. The van der Waals surface area contributed by atoms with Crippen molar-refractivity contribution in [2.24, 2.45) is 11.7 Å². The lowest BCUT2D eigenvalue weighted by atomic mass is 10.1. The zero-order valence-corrected chi connectivity index (χ0v) is 15.4. The van der Waals surface area contributed by atoms with Crippen molar-refractivity contribution in [1.82, 2.24) is 5.32 Å². The van der Waals surface area contributed by atoms with E-state index in [0.717, 1.165) is 0 Å². The van der Waals surface area contributed by atoms with Gasteiger partial charge in [-0.3, -0.25) is 14.9 Å². The van der Waals surface area contributed by atoms with Gasteiger partial charge in [0.05, 0.1) is 17.9 Å². The number of nitrogens with two attached hydrogens (primary N) is 1. The number of hydrogen-bond acceptors (Lipinski definition) is 4. The number of benzene rings is 2. The molecular formula is C19H21N3O3S. The highest BCUT2D eigenvalue weighted by Crippen LogP contribution is 2.16. The summed E-state index contributed by atoms with van der Waals surface area (Å²) in [5.74, 6) is 0.0326. The van der Waals surface area contributed by atoms with Crippen LogP contribution in [0.2, 0.25) is 0 Å². The normalized spacial score (nSPS) is 10.3. The molecule has 0 aliphatic heterocycles. The van der Waals surface area contributed by atoms with E-state index in [9.17, 15) is 9.59 Å². The summed E-state index contributed by atoms with van der Waals surface area (Å²) in [5, 5.41) is 5.46. The molecule has 2 aromatic rings. The first-order valence-electron chi connectivity index (χ1n) is 8.11. The largest absolute Gasteiger partial charge is 0.493 e. The molecule has 4 N–H and O–H groups in total. The molecule has 7 heteroatoms. The number of amides is 2. The lowest BCUT2D eigenvalue weighted by Gasteiger charge is -2.13. The summed E-state index contributed by atoms with van der Waals surface area (Å²) in [4.78, 5) is 23.8. The van der Waals surface area contributed by atoms with Crippen molar-refractivity contribution in [3.63, 3.8) is 0 Å². The van der Waals surface area contributed by atoms with Crippen LogP contribution in [0.25, 0.3) is 0 Å². The molecule has 0 radical (unpaired) electrons. The maximum atomic E-state index is 12.4. The molecule has 0 saturated heterocycles. The van der Waals surface area contributed by atoms with Crippen molar-refractivity contribution in [3.05, 3.63) is 59.7 Å². The van der Waals surface area contributed by atoms with E-state index >= 15 is 0 Å². The number of primary amides is 1. The number of nitrogens with one attached hydrogen (secondary N) is 2. The summed E-state index contributed by atoms with van der Waals surface area (Å²) in [7, 11) is 0. The van der Waals surface area contributed by atoms with Crippen molar-refractivity contribution >= 4 is 34.8 Å². The summed E-state index contributed by atoms with van der Waals surface area (Å²) in [6, 6.07) is 13.5. The van der Waals surface area contributed by atoms with Crippen LogP contribution in [0.5, 0.6) is 5.75 Å². The van der Waals surface area contributed by atoms with E-state index in [0.29, 0.717) is 29.5 Å². The van der Waals surface area contributed by atoms with Gasteiger partial charge in [-0.05, 0) is 48.5 Å². The summed E-state index contributed by atoms with van der Waals surface area (Å²) in [6.45, 7) is 4.66. The lowest BCUT2D eigenvalue weighted by Crippen LogP contribution is -2.34. The van der Waals surface area contributed by atoms with E-state index in [4.69, 9.17) is 22.7 Å². The number of thiocarbonyl (C=S) groups is 1. The molecule has 0 saturated carbocycles. The highest BCUT2D eigenvalue weighted by molar-refractivity contribution is 7.80. The monoisotopic (exact) mass is 371 g/mol. The molecule has 26 heavy (non-hydrogen) atoms. The maximum absolute atomic E-state index is 12.4. The lowest BCUT2D eigenvalue weighted by molar-refractivity contribution is 0.0975. The maximum Gasteiger partial charge on any atom is 0.257 e. The third-order valence-corrected chi connectivity index (χ3v) is 3.55. The first-order valence-corrected chi connectivity index (χ1v) is 8.51. The standard InChI is InChI=1S/C19H21N3O3S/c1-12(2)11-25-14-7-5-6-13(10-14)18(24)22-19(26)21-16-9-4-3-8-15(16)17(20)23/h3-10,12H,11H2,1-2H3,(H2,20,23)(H2,21,22,24,26). The fourth-order valence-electron chi connectivity index (χ4n) is 2.13. The van der Waals surface area contributed by atoms with Crippen LogP contribution in [-0.2, 0) is 0 Å². The van der Waals surface area contributed by atoms with Crippen LogP contribution in [0, 0.1) is 5.92 Å². The minimum atomic E-state index is -0.586. The van der Waals surface area contributed by atoms with Gasteiger partial charge in [0.2, 0.25) is 0 Å². The Kier molecular flexibility index (Phi) is 6.68. The average molecular weight is 371 g/mol. The number of carbonyl (C=O) groups is 2. The van der Waals surface area contributed by atoms with Gasteiger partial charge >= 0.3 is 0 Å². The first kappa shape index (κ1) is 19.4. The van der Waals surface area contributed by atoms with Crippen LogP contribution >= 0.6 is 12.2 Å². The smallest absolute Gasteiger partial charge is 0.257 e. The van der Waals surface area contributed by atoms with E-state index < -0.39 is 5.91 Å². The molecule has 0 unspecified atom stereocenters. The SMILES string of the molecule is CC(C)COc1cccc(C(=O)NC(=S)Nc2ccccc2C(N)=O)c1. The topological polar surface area (TPSA) is 93.4 Å². The van der Waals surface area contributed by atoms with Crippen LogP contribution in [0.4, 0.5) is 5.69 Å². The Labute approximate surface area is 157 Å². The predicted octanol–water partition coefficient (Wildman–Crippen LogP) is 2.95. The zero-order chi connectivity index (χ0) is 19.1. The Hall–Kier alpha value is -2.93. The third-order valence-electron chi connectivity index (χ3n) is 3.35. The van der Waals surface area contributed by atoms with Gasteiger partial charge in [0, 0.05) is 5.56 Å². The fraction of sp³-hybridized carbons (Fsp3) is 0.211. The minimum Gasteiger partial charge on any atom is -0.493 e. The molecule has 2 aromatic carbocycles. The molecule has 2 rings (SSSR count). The van der Waals surface area contributed by atoms with E-state index in [2.05, 4.69) is 10.6 Å². The van der Waals surface area contributed by atoms with Crippen LogP contribution < -0.4 is 21.1 Å². The molecule has 6 nitrogen and oxygen atoms in total. The molecule has 0 heterocycles. The summed E-state index contributed by atoms with van der Waals surface area (Å²) < 4.78 is 5.62. The quantitative estimate of drug-likeness (QED) is 0.679. The second-order valence-corrected chi connectivity index (χ2v) is 6.46. The molecule has 2 amide bonds. The van der Waals surface area contributed by atoms with E-state index in [1.54, 1.807) is 48.5 Å². The number of rotatable bonds is 6. The van der Waals surface area contributed by atoms with Crippen molar-refractivity contribution in [2.75, 3.05) is 11.9 Å². The summed E-state index contributed by atoms with van der Waals surface area (Å²) in [5.41, 5.74) is 6.46. The minimum absolute atomic E-state index is 0.0669. The highest BCUT2D eigenvalue weighted by Gasteiger charge is 2.12. The van der Waals surface area contributed by atoms with Crippen molar-refractivity contribution in [1.29, 1.82) is 0 Å². The van der Waals surface area contributed by atoms with E-state index in [1.165, 1.54) is 0 Å². The Balaban J connectivity index is 2.02. The van der Waals surface area contributed by atoms with Crippen LogP contribution in [0.1, 0.15) is 34.6 Å². The molecule has 136 valence electrons. The molecule has 0 aromatic heterocycles. The van der Waals surface area contributed by atoms with E-state index in [-0.39, 0.29) is 16.6 Å². The van der Waals surface area contributed by atoms with Crippen LogP contribution in [-0.4, -0.2) is 23.5 Å². The first-order chi connectivity index (χ1) is 12.4. The third kappa shape index (κ3) is 5.56. The van der Waals surface area contributed by atoms with E-state index in [1.807, 2.05) is 13.8 Å². The van der Waals surface area contributed by atoms with Gasteiger partial charge in [0.25, 0.3) is 11.8 Å². The summed E-state index contributed by atoms with van der Waals surface area (Å²) >= 11 is 5.15. The average Bonchev–Trinajstić information content (AvgIpc) is 2.60. The van der Waals surface area contributed by atoms with Gasteiger partial charge in [-0.2, -0.15) is 0 Å². The van der Waals surface area contributed by atoms with Crippen LogP contribution in [0.15, 0.2) is 48.5 Å². The molecule has 0 spiro atoms. The van der Waals surface area contributed by atoms with Gasteiger partial charge in [-0.25, -0.2) is 0 Å². The zero-order valence-electron chi connectivity index (χ0n) is 14.6. The van der Waals surface area contributed by atoms with Crippen molar-refractivity contribution < 1.29 is 14.3 Å². The number of ether oxygens (including phenoxy) is 1. The fourth-order valence-corrected chi connectivity index (χ4v) is 2.33. The molecule has 0 aliphatic carbocycles. The van der Waals surface area contributed by atoms with Gasteiger partial charge in [0.15, 0.2) is 5.11 Å².